The number of allylic oxidation sites excluding steroid dienone is 2. The molecule has 0 radical (unpaired) electrons. The van der Waals surface area contributed by atoms with E-state index in [0.717, 1.165) is 37.7 Å². The number of benzene rings is 1. The van der Waals surface area contributed by atoms with Crippen molar-refractivity contribution >= 4 is 5.91 Å². The van der Waals surface area contributed by atoms with Crippen molar-refractivity contribution in [1.82, 2.24) is 9.80 Å². The summed E-state index contributed by atoms with van der Waals surface area (Å²) in [6.07, 6.45) is 8.40. The van der Waals surface area contributed by atoms with Gasteiger partial charge in [-0.25, -0.2) is 0 Å². The molecular formula is C18H24N2O. The Balaban J connectivity index is 1.48. The van der Waals surface area contributed by atoms with Gasteiger partial charge in [0, 0.05) is 38.3 Å². The van der Waals surface area contributed by atoms with E-state index in [9.17, 15) is 4.79 Å². The van der Waals surface area contributed by atoms with E-state index in [1.54, 1.807) is 0 Å². The highest BCUT2D eigenvalue weighted by Gasteiger charge is 2.23. The van der Waals surface area contributed by atoms with Crippen LogP contribution in [0.2, 0.25) is 0 Å². The maximum absolute atomic E-state index is 12.4. The molecule has 2 aliphatic rings. The van der Waals surface area contributed by atoms with Gasteiger partial charge in [0.25, 0.3) is 5.91 Å². The molecule has 1 aliphatic heterocycles. The molecule has 0 aromatic heterocycles. The zero-order chi connectivity index (χ0) is 14.5. The summed E-state index contributed by atoms with van der Waals surface area (Å²) in [4.78, 5) is 16.9. The fraction of sp³-hybridized carbons (Fsp3) is 0.500. The second kappa shape index (κ2) is 6.90. The molecule has 0 unspecified atom stereocenters. The van der Waals surface area contributed by atoms with Gasteiger partial charge in [0.05, 0.1) is 0 Å². The van der Waals surface area contributed by atoms with Gasteiger partial charge in [0.15, 0.2) is 0 Å². The van der Waals surface area contributed by atoms with E-state index in [-0.39, 0.29) is 5.91 Å². The Bertz CT molecular complexity index is 489. The third kappa shape index (κ3) is 3.73. The summed E-state index contributed by atoms with van der Waals surface area (Å²) < 4.78 is 0. The topological polar surface area (TPSA) is 23.6 Å². The number of hydrogen-bond donors (Lipinski definition) is 0. The van der Waals surface area contributed by atoms with Crippen LogP contribution in [0.5, 0.6) is 0 Å². The summed E-state index contributed by atoms with van der Waals surface area (Å²) in [6, 6.07) is 9.62. The molecular weight excluding hydrogens is 260 g/mol. The van der Waals surface area contributed by atoms with Crippen LogP contribution in [0.3, 0.4) is 0 Å². The minimum atomic E-state index is 0.177. The van der Waals surface area contributed by atoms with Crippen LogP contribution in [0.1, 0.15) is 29.6 Å². The van der Waals surface area contributed by atoms with Gasteiger partial charge < -0.3 is 4.90 Å². The molecule has 1 amide bonds. The second-order valence-corrected chi connectivity index (χ2v) is 6.11. The molecule has 3 rings (SSSR count). The predicted octanol–water partition coefficient (Wildman–Crippen LogP) is 2.80. The average molecular weight is 284 g/mol. The highest BCUT2D eigenvalue weighted by Crippen LogP contribution is 2.20. The van der Waals surface area contributed by atoms with Crippen LogP contribution in [0.15, 0.2) is 42.5 Å². The third-order valence-corrected chi connectivity index (χ3v) is 4.57. The number of nitrogens with zero attached hydrogens (tertiary/aromatic N) is 2. The molecule has 3 heteroatoms. The molecule has 0 N–H and O–H groups in total. The van der Waals surface area contributed by atoms with Gasteiger partial charge >= 0.3 is 0 Å². The van der Waals surface area contributed by atoms with Crippen molar-refractivity contribution in [3.8, 4) is 0 Å². The van der Waals surface area contributed by atoms with Gasteiger partial charge in [-0.2, -0.15) is 0 Å². The van der Waals surface area contributed by atoms with E-state index in [4.69, 9.17) is 0 Å². The first-order chi connectivity index (χ1) is 10.3. The van der Waals surface area contributed by atoms with E-state index in [1.807, 2.05) is 35.2 Å². The summed E-state index contributed by atoms with van der Waals surface area (Å²) in [6.45, 7) is 4.93. The molecule has 1 heterocycles. The molecule has 1 aromatic carbocycles. The number of amides is 1. The van der Waals surface area contributed by atoms with Crippen LogP contribution < -0.4 is 0 Å². The van der Waals surface area contributed by atoms with Gasteiger partial charge in [0.1, 0.15) is 0 Å². The molecule has 1 saturated heterocycles. The van der Waals surface area contributed by atoms with Crippen molar-refractivity contribution < 1.29 is 4.79 Å². The van der Waals surface area contributed by atoms with Gasteiger partial charge in [-0.3, -0.25) is 9.69 Å². The summed E-state index contributed by atoms with van der Waals surface area (Å²) in [5.41, 5.74) is 0.809. The molecule has 0 bridgehead atoms. The lowest BCUT2D eigenvalue weighted by Crippen LogP contribution is -2.49. The molecule has 3 nitrogen and oxygen atoms in total. The van der Waals surface area contributed by atoms with Gasteiger partial charge in [-0.1, -0.05) is 30.4 Å². The Morgan fingerprint density at radius 3 is 2.48 bits per heavy atom. The maximum Gasteiger partial charge on any atom is 0.253 e. The number of carbonyl (C=O) groups excluding carboxylic acids is 1. The van der Waals surface area contributed by atoms with Crippen molar-refractivity contribution in [2.45, 2.75) is 19.3 Å². The quantitative estimate of drug-likeness (QED) is 0.797. The fourth-order valence-electron chi connectivity index (χ4n) is 3.28. The van der Waals surface area contributed by atoms with Crippen molar-refractivity contribution in [3.63, 3.8) is 0 Å². The molecule has 112 valence electrons. The first-order valence-corrected chi connectivity index (χ1v) is 8.04. The van der Waals surface area contributed by atoms with E-state index in [0.29, 0.717) is 0 Å². The summed E-state index contributed by atoms with van der Waals surface area (Å²) in [5.74, 6) is 0.988. The highest BCUT2D eigenvalue weighted by molar-refractivity contribution is 5.94. The lowest BCUT2D eigenvalue weighted by Gasteiger charge is -2.36. The molecule has 1 fully saturated rings. The van der Waals surface area contributed by atoms with Crippen LogP contribution >= 0.6 is 0 Å². The second-order valence-electron chi connectivity index (χ2n) is 6.11. The largest absolute Gasteiger partial charge is 0.336 e. The standard InChI is InChI=1S/C18H24N2O/c21-18(17-9-5-2-6-10-17)20-13-11-19(12-14-20)15-16-7-3-1-4-8-16/h1-3,5-6,9-10,16H,4,7-8,11-15H2/t16-/m0/s1. The first-order valence-electron chi connectivity index (χ1n) is 8.04. The summed E-state index contributed by atoms with van der Waals surface area (Å²) >= 11 is 0. The minimum absolute atomic E-state index is 0.177. The van der Waals surface area contributed by atoms with Crippen molar-refractivity contribution in [3.05, 3.63) is 48.0 Å². The average Bonchev–Trinajstić information content (AvgIpc) is 2.57. The molecule has 0 spiro atoms. The molecule has 0 saturated carbocycles. The Morgan fingerprint density at radius 2 is 1.81 bits per heavy atom. The van der Waals surface area contributed by atoms with E-state index in [1.165, 1.54) is 25.8 Å². The van der Waals surface area contributed by atoms with E-state index < -0.39 is 0 Å². The van der Waals surface area contributed by atoms with Crippen LogP contribution in [-0.2, 0) is 0 Å². The predicted molar refractivity (Wildman–Crippen MR) is 85.3 cm³/mol. The fourth-order valence-corrected chi connectivity index (χ4v) is 3.28. The Labute approximate surface area is 127 Å². The molecule has 1 aromatic rings. The summed E-state index contributed by atoms with van der Waals surface area (Å²) in [7, 11) is 0. The van der Waals surface area contributed by atoms with Crippen molar-refractivity contribution in [2.24, 2.45) is 5.92 Å². The zero-order valence-electron chi connectivity index (χ0n) is 12.6. The van der Waals surface area contributed by atoms with Gasteiger partial charge in [-0.05, 0) is 37.3 Å². The zero-order valence-corrected chi connectivity index (χ0v) is 12.6. The summed E-state index contributed by atoms with van der Waals surface area (Å²) in [5, 5.41) is 0. The smallest absolute Gasteiger partial charge is 0.253 e. The molecule has 1 aliphatic carbocycles. The lowest BCUT2D eigenvalue weighted by molar-refractivity contribution is 0.0614. The number of hydrogen-bond acceptors (Lipinski definition) is 2. The van der Waals surface area contributed by atoms with Crippen molar-refractivity contribution in [2.75, 3.05) is 32.7 Å². The normalized spacial score (nSPS) is 23.2. The minimum Gasteiger partial charge on any atom is -0.336 e. The monoisotopic (exact) mass is 284 g/mol. The maximum atomic E-state index is 12.4. The van der Waals surface area contributed by atoms with Crippen LogP contribution in [-0.4, -0.2) is 48.4 Å². The van der Waals surface area contributed by atoms with Gasteiger partial charge in [-0.15, -0.1) is 0 Å². The molecule has 21 heavy (non-hydrogen) atoms. The number of carbonyl (C=O) groups is 1. The van der Waals surface area contributed by atoms with E-state index in [2.05, 4.69) is 17.1 Å². The van der Waals surface area contributed by atoms with E-state index >= 15 is 0 Å². The number of rotatable bonds is 3. The van der Waals surface area contributed by atoms with Crippen molar-refractivity contribution in [1.29, 1.82) is 0 Å². The SMILES string of the molecule is O=C(c1ccccc1)N1CCN(C[C@H]2CC=CCC2)CC1. The van der Waals surface area contributed by atoms with Crippen LogP contribution in [0.4, 0.5) is 0 Å². The van der Waals surface area contributed by atoms with Crippen LogP contribution in [0, 0.1) is 5.92 Å². The Kier molecular flexibility index (Phi) is 4.71. The third-order valence-electron chi connectivity index (χ3n) is 4.57. The Morgan fingerprint density at radius 1 is 1.05 bits per heavy atom. The van der Waals surface area contributed by atoms with Gasteiger partial charge in [0.2, 0.25) is 0 Å². The highest BCUT2D eigenvalue weighted by atomic mass is 16.2. The molecule has 1 atom stereocenters. The number of piperazine rings is 1. The first kappa shape index (κ1) is 14.3. The lowest BCUT2D eigenvalue weighted by atomic mass is 9.94. The Hall–Kier alpha value is -1.61. The van der Waals surface area contributed by atoms with Crippen LogP contribution in [0.25, 0.3) is 0 Å².